The van der Waals surface area contributed by atoms with Crippen LogP contribution in [0.4, 0.5) is 0 Å². The minimum atomic E-state index is 0. The monoisotopic (exact) mass is 298 g/mol. The minimum absolute atomic E-state index is 0. The number of fused-ring (bicyclic) bond motifs is 1. The molecular formula is C7H8ClIN2O. The fraction of sp³-hybridized carbons (Fsp3) is 0.286. The summed E-state index contributed by atoms with van der Waals surface area (Å²) in [5.41, 5.74) is 2.28. The highest BCUT2D eigenvalue weighted by Crippen LogP contribution is 2.12. The van der Waals surface area contributed by atoms with E-state index in [-0.39, 0.29) is 18.0 Å². The van der Waals surface area contributed by atoms with Gasteiger partial charge in [-0.15, -0.1) is 12.4 Å². The highest BCUT2D eigenvalue weighted by Gasteiger charge is 2.11. The van der Waals surface area contributed by atoms with Gasteiger partial charge in [0, 0.05) is 18.8 Å². The van der Waals surface area contributed by atoms with Crippen molar-refractivity contribution in [2.24, 2.45) is 0 Å². The molecule has 0 spiro atoms. The number of nitrogens with one attached hydrogen (secondary N) is 2. The molecule has 1 aromatic rings. The molecule has 0 unspecified atom stereocenters. The van der Waals surface area contributed by atoms with Crippen molar-refractivity contribution >= 4 is 35.0 Å². The number of pyridine rings is 1. The Morgan fingerprint density at radius 3 is 2.92 bits per heavy atom. The third-order valence-corrected chi connectivity index (χ3v) is 2.59. The van der Waals surface area contributed by atoms with Gasteiger partial charge in [-0.3, -0.25) is 4.79 Å². The Morgan fingerprint density at radius 1 is 1.42 bits per heavy atom. The van der Waals surface area contributed by atoms with Gasteiger partial charge in [0.05, 0.1) is 3.57 Å². The number of hydrogen-bond donors (Lipinski definition) is 2. The second kappa shape index (κ2) is 3.76. The smallest absolute Gasteiger partial charge is 0.261 e. The summed E-state index contributed by atoms with van der Waals surface area (Å²) in [5.74, 6) is 0. The van der Waals surface area contributed by atoms with Gasteiger partial charge in [-0.05, 0) is 34.2 Å². The summed E-state index contributed by atoms with van der Waals surface area (Å²) in [6, 6.07) is 1.94. The summed E-state index contributed by atoms with van der Waals surface area (Å²) in [6.07, 6.45) is 0. The second-order valence-electron chi connectivity index (χ2n) is 2.55. The van der Waals surface area contributed by atoms with E-state index in [2.05, 4.69) is 10.3 Å². The van der Waals surface area contributed by atoms with Crippen molar-refractivity contribution in [3.63, 3.8) is 0 Å². The molecule has 0 amide bonds. The van der Waals surface area contributed by atoms with Crippen LogP contribution in [-0.2, 0) is 13.1 Å². The molecule has 5 heteroatoms. The largest absolute Gasteiger partial charge is 0.324 e. The average molecular weight is 299 g/mol. The first-order valence-electron chi connectivity index (χ1n) is 3.38. The van der Waals surface area contributed by atoms with E-state index in [4.69, 9.17) is 0 Å². The van der Waals surface area contributed by atoms with E-state index in [9.17, 15) is 4.79 Å². The fourth-order valence-corrected chi connectivity index (χ4v) is 1.73. The van der Waals surface area contributed by atoms with E-state index in [1.807, 2.05) is 28.7 Å². The number of halogens is 2. The summed E-state index contributed by atoms with van der Waals surface area (Å²) in [6.45, 7) is 1.67. The van der Waals surface area contributed by atoms with Crippen molar-refractivity contribution in [1.29, 1.82) is 0 Å². The molecule has 0 fully saturated rings. The molecule has 0 radical (unpaired) electrons. The Kier molecular flexibility index (Phi) is 3.14. The lowest BCUT2D eigenvalue weighted by atomic mass is 10.2. The molecular weight excluding hydrogens is 290 g/mol. The summed E-state index contributed by atoms with van der Waals surface area (Å²) in [4.78, 5) is 13.9. The van der Waals surface area contributed by atoms with Crippen molar-refractivity contribution in [2.45, 2.75) is 13.1 Å². The third-order valence-electron chi connectivity index (χ3n) is 1.79. The zero-order valence-corrected chi connectivity index (χ0v) is 9.16. The molecule has 2 heterocycles. The van der Waals surface area contributed by atoms with E-state index in [1.54, 1.807) is 0 Å². The zero-order valence-electron chi connectivity index (χ0n) is 6.19. The van der Waals surface area contributed by atoms with Crippen LogP contribution < -0.4 is 10.9 Å². The van der Waals surface area contributed by atoms with Gasteiger partial charge in [0.2, 0.25) is 0 Å². The van der Waals surface area contributed by atoms with Gasteiger partial charge in [0.15, 0.2) is 0 Å². The summed E-state index contributed by atoms with van der Waals surface area (Å²) >= 11 is 2.05. The first-order valence-corrected chi connectivity index (χ1v) is 4.46. The van der Waals surface area contributed by atoms with Crippen molar-refractivity contribution in [2.75, 3.05) is 0 Å². The molecule has 2 N–H and O–H groups in total. The lowest BCUT2D eigenvalue weighted by Gasteiger charge is -1.96. The quantitative estimate of drug-likeness (QED) is 0.702. The van der Waals surface area contributed by atoms with Crippen LogP contribution in [0.15, 0.2) is 10.9 Å². The molecule has 66 valence electrons. The van der Waals surface area contributed by atoms with Gasteiger partial charge in [0.25, 0.3) is 5.56 Å². The predicted octanol–water partition coefficient (Wildman–Crippen LogP) is 1.00. The molecule has 0 atom stereocenters. The Balaban J connectivity index is 0.000000720. The van der Waals surface area contributed by atoms with Gasteiger partial charge < -0.3 is 10.3 Å². The summed E-state index contributed by atoms with van der Waals surface area (Å²) < 4.78 is 0.769. The van der Waals surface area contributed by atoms with E-state index < -0.39 is 0 Å². The highest BCUT2D eigenvalue weighted by molar-refractivity contribution is 14.1. The van der Waals surface area contributed by atoms with Crippen LogP contribution in [0.2, 0.25) is 0 Å². The lowest BCUT2D eigenvalue weighted by molar-refractivity contribution is 0.757. The van der Waals surface area contributed by atoms with Gasteiger partial charge in [-0.1, -0.05) is 0 Å². The zero-order chi connectivity index (χ0) is 7.84. The fourth-order valence-electron chi connectivity index (χ4n) is 1.22. The van der Waals surface area contributed by atoms with Crippen molar-refractivity contribution in [1.82, 2.24) is 10.3 Å². The van der Waals surface area contributed by atoms with Crippen molar-refractivity contribution in [3.8, 4) is 0 Å². The summed E-state index contributed by atoms with van der Waals surface area (Å²) in [5, 5.41) is 3.17. The van der Waals surface area contributed by atoms with Crippen molar-refractivity contribution in [3.05, 3.63) is 31.2 Å². The maximum Gasteiger partial charge on any atom is 0.261 e. The van der Waals surface area contributed by atoms with Gasteiger partial charge in [-0.2, -0.15) is 0 Å². The minimum Gasteiger partial charge on any atom is -0.324 e. The van der Waals surface area contributed by atoms with E-state index in [0.717, 1.165) is 22.4 Å². The molecule has 0 saturated carbocycles. The van der Waals surface area contributed by atoms with Crippen LogP contribution in [0.3, 0.4) is 0 Å². The Bertz CT molecular complexity index is 350. The van der Waals surface area contributed by atoms with Crippen LogP contribution in [-0.4, -0.2) is 4.98 Å². The van der Waals surface area contributed by atoms with Crippen LogP contribution in [0.5, 0.6) is 0 Å². The normalized spacial score (nSPS) is 13.8. The molecule has 0 bridgehead atoms. The number of rotatable bonds is 0. The first kappa shape index (κ1) is 10.0. The van der Waals surface area contributed by atoms with Crippen LogP contribution in [0.1, 0.15) is 11.3 Å². The molecule has 1 aromatic heterocycles. The standard InChI is InChI=1S/C7H7IN2O.ClH/c8-5-1-4-2-9-3-6(4)10-7(5)11;/h1,9H,2-3H2,(H,10,11);1H. The van der Waals surface area contributed by atoms with E-state index in [1.165, 1.54) is 5.56 Å². The molecule has 0 saturated heterocycles. The van der Waals surface area contributed by atoms with Crippen LogP contribution in [0.25, 0.3) is 0 Å². The molecule has 3 nitrogen and oxygen atoms in total. The maximum atomic E-state index is 11.1. The van der Waals surface area contributed by atoms with Crippen molar-refractivity contribution < 1.29 is 0 Å². The molecule has 1 aliphatic heterocycles. The Hall–Kier alpha value is -0.0700. The first-order chi connectivity index (χ1) is 5.27. The maximum absolute atomic E-state index is 11.1. The lowest BCUT2D eigenvalue weighted by Crippen LogP contribution is -2.12. The SMILES string of the molecule is Cl.O=c1[nH]c2c(cc1I)CNC2. The molecule has 0 aromatic carbocycles. The predicted molar refractivity (Wildman–Crippen MR) is 57.6 cm³/mol. The molecule has 0 aliphatic carbocycles. The molecule has 2 rings (SSSR count). The summed E-state index contributed by atoms with van der Waals surface area (Å²) in [7, 11) is 0. The Labute approximate surface area is 89.5 Å². The molecule has 1 aliphatic rings. The number of aromatic nitrogens is 1. The topological polar surface area (TPSA) is 44.9 Å². The average Bonchev–Trinajstić information content (AvgIpc) is 2.36. The third kappa shape index (κ3) is 1.65. The van der Waals surface area contributed by atoms with E-state index >= 15 is 0 Å². The highest BCUT2D eigenvalue weighted by atomic mass is 127. The van der Waals surface area contributed by atoms with Gasteiger partial charge in [-0.25, -0.2) is 0 Å². The second-order valence-corrected chi connectivity index (χ2v) is 3.72. The van der Waals surface area contributed by atoms with Crippen LogP contribution >= 0.6 is 35.0 Å². The number of aromatic amines is 1. The molecule has 12 heavy (non-hydrogen) atoms. The van der Waals surface area contributed by atoms with Crippen LogP contribution in [0, 0.1) is 3.57 Å². The Morgan fingerprint density at radius 2 is 2.17 bits per heavy atom. The number of hydrogen-bond acceptors (Lipinski definition) is 2. The number of H-pyrrole nitrogens is 1. The van der Waals surface area contributed by atoms with E-state index in [0.29, 0.717) is 0 Å². The van der Waals surface area contributed by atoms with Gasteiger partial charge >= 0.3 is 0 Å². The van der Waals surface area contributed by atoms with Gasteiger partial charge in [0.1, 0.15) is 0 Å².